The zero-order valence-corrected chi connectivity index (χ0v) is 19.3. The van der Waals surface area contributed by atoms with Crippen molar-refractivity contribution in [3.8, 4) is 11.4 Å². The first-order valence-electron chi connectivity index (χ1n) is 9.36. The van der Waals surface area contributed by atoms with Gasteiger partial charge in [-0.15, -0.1) is 0 Å². The molecule has 0 aliphatic heterocycles. The number of imidazole rings is 1. The van der Waals surface area contributed by atoms with Gasteiger partial charge < -0.3 is 10.1 Å². The number of sulfonamides is 1. The number of aryl methyl sites for hydroxylation is 1. The van der Waals surface area contributed by atoms with Gasteiger partial charge in [0, 0.05) is 38.2 Å². The molecule has 8 nitrogen and oxygen atoms in total. The van der Waals surface area contributed by atoms with Crippen molar-refractivity contribution in [3.05, 3.63) is 60.4 Å². The van der Waals surface area contributed by atoms with Gasteiger partial charge >= 0.3 is 0 Å². The van der Waals surface area contributed by atoms with E-state index in [2.05, 4.69) is 10.3 Å². The van der Waals surface area contributed by atoms with E-state index in [1.54, 1.807) is 19.4 Å². The average Bonchev–Trinajstić information content (AvgIpc) is 3.22. The number of anilines is 1. The van der Waals surface area contributed by atoms with Crippen LogP contribution in [0.1, 0.15) is 5.56 Å². The molecule has 2 aromatic carbocycles. The van der Waals surface area contributed by atoms with E-state index in [1.165, 1.54) is 38.0 Å². The molecule has 0 saturated heterocycles. The van der Waals surface area contributed by atoms with Crippen LogP contribution >= 0.6 is 11.8 Å². The van der Waals surface area contributed by atoms with Gasteiger partial charge in [0.1, 0.15) is 5.75 Å². The molecule has 1 heterocycles. The predicted octanol–water partition coefficient (Wildman–Crippen LogP) is 3.17. The van der Waals surface area contributed by atoms with E-state index < -0.39 is 10.0 Å². The van der Waals surface area contributed by atoms with E-state index in [1.807, 2.05) is 42.0 Å². The number of thioether (sulfide) groups is 1. The van der Waals surface area contributed by atoms with Crippen molar-refractivity contribution in [1.29, 1.82) is 0 Å². The summed E-state index contributed by atoms with van der Waals surface area (Å²) in [5.41, 5.74) is 2.11. The van der Waals surface area contributed by atoms with Gasteiger partial charge in [0.05, 0.1) is 23.4 Å². The molecule has 0 saturated carbocycles. The van der Waals surface area contributed by atoms with Crippen molar-refractivity contribution in [2.45, 2.75) is 17.0 Å². The van der Waals surface area contributed by atoms with Crippen molar-refractivity contribution in [1.82, 2.24) is 13.9 Å². The Morgan fingerprint density at radius 1 is 1.23 bits per heavy atom. The average molecular weight is 461 g/mol. The van der Waals surface area contributed by atoms with Gasteiger partial charge in [-0.05, 0) is 36.8 Å². The molecule has 3 aromatic rings. The van der Waals surface area contributed by atoms with Crippen molar-refractivity contribution in [2.24, 2.45) is 0 Å². The summed E-state index contributed by atoms with van der Waals surface area (Å²) in [5, 5.41) is 3.46. The smallest absolute Gasteiger partial charge is 0.242 e. The number of benzene rings is 2. The van der Waals surface area contributed by atoms with Crippen LogP contribution in [-0.2, 0) is 14.8 Å². The quantitative estimate of drug-likeness (QED) is 0.519. The number of amides is 1. The van der Waals surface area contributed by atoms with Crippen molar-refractivity contribution in [3.63, 3.8) is 0 Å². The summed E-state index contributed by atoms with van der Waals surface area (Å²) in [5.74, 6) is 0.584. The number of carbonyl (C=O) groups is 1. The molecule has 0 aliphatic carbocycles. The van der Waals surface area contributed by atoms with E-state index in [0.717, 1.165) is 21.3 Å². The van der Waals surface area contributed by atoms with E-state index in [0.29, 0.717) is 10.8 Å². The molecule has 0 atom stereocenters. The maximum atomic E-state index is 12.6. The minimum atomic E-state index is -3.59. The zero-order chi connectivity index (χ0) is 22.6. The molecule has 164 valence electrons. The van der Waals surface area contributed by atoms with E-state index in [-0.39, 0.29) is 16.6 Å². The summed E-state index contributed by atoms with van der Waals surface area (Å²) in [6.45, 7) is 1.81. The van der Waals surface area contributed by atoms with E-state index in [9.17, 15) is 13.2 Å². The van der Waals surface area contributed by atoms with Gasteiger partial charge in [-0.3, -0.25) is 9.36 Å². The maximum absolute atomic E-state index is 12.6. The minimum Gasteiger partial charge on any atom is -0.497 e. The summed E-state index contributed by atoms with van der Waals surface area (Å²) < 4.78 is 33.0. The first kappa shape index (κ1) is 22.9. The summed E-state index contributed by atoms with van der Waals surface area (Å²) in [7, 11) is 0.950. The van der Waals surface area contributed by atoms with Crippen LogP contribution in [0.4, 0.5) is 5.69 Å². The maximum Gasteiger partial charge on any atom is 0.242 e. The highest BCUT2D eigenvalue weighted by molar-refractivity contribution is 7.99. The van der Waals surface area contributed by atoms with Gasteiger partial charge in [-0.1, -0.05) is 23.9 Å². The van der Waals surface area contributed by atoms with Crippen molar-refractivity contribution in [2.75, 3.05) is 32.3 Å². The van der Waals surface area contributed by atoms with Crippen LogP contribution < -0.4 is 10.1 Å². The van der Waals surface area contributed by atoms with Gasteiger partial charge in [0.2, 0.25) is 15.9 Å². The Morgan fingerprint density at radius 2 is 2.00 bits per heavy atom. The van der Waals surface area contributed by atoms with Gasteiger partial charge in [-0.25, -0.2) is 17.7 Å². The number of carbonyl (C=O) groups excluding carboxylic acids is 1. The second kappa shape index (κ2) is 9.54. The largest absolute Gasteiger partial charge is 0.497 e. The molecule has 0 spiro atoms. The molecule has 1 amide bonds. The fourth-order valence-electron chi connectivity index (χ4n) is 2.78. The first-order valence-corrected chi connectivity index (χ1v) is 11.8. The third kappa shape index (κ3) is 5.27. The summed E-state index contributed by atoms with van der Waals surface area (Å²) >= 11 is 1.28. The van der Waals surface area contributed by atoms with Crippen LogP contribution in [-0.4, -0.2) is 55.1 Å². The Balaban J connectivity index is 1.72. The molecular formula is C21H24N4O4S2. The molecule has 0 aliphatic rings. The number of nitrogens with zero attached hydrogens (tertiary/aromatic N) is 3. The van der Waals surface area contributed by atoms with E-state index >= 15 is 0 Å². The Hall–Kier alpha value is -2.82. The lowest BCUT2D eigenvalue weighted by molar-refractivity contribution is -0.113. The van der Waals surface area contributed by atoms with Crippen molar-refractivity contribution < 1.29 is 17.9 Å². The summed E-state index contributed by atoms with van der Waals surface area (Å²) in [6.07, 6.45) is 3.48. The van der Waals surface area contributed by atoms with E-state index in [4.69, 9.17) is 4.74 Å². The van der Waals surface area contributed by atoms with Crippen LogP contribution in [0.25, 0.3) is 5.69 Å². The molecule has 0 bridgehead atoms. The molecule has 10 heteroatoms. The SMILES string of the molecule is COc1cccc(-n2ccnc2SCC(=O)Nc2cc(S(=O)(=O)N(C)C)ccc2C)c1. The van der Waals surface area contributed by atoms with Crippen LogP contribution in [0.5, 0.6) is 5.75 Å². The second-order valence-electron chi connectivity index (χ2n) is 6.88. The van der Waals surface area contributed by atoms with Gasteiger partial charge in [-0.2, -0.15) is 0 Å². The normalized spacial score (nSPS) is 11.5. The molecule has 1 N–H and O–H groups in total. The Morgan fingerprint density at radius 3 is 2.71 bits per heavy atom. The highest BCUT2D eigenvalue weighted by atomic mass is 32.2. The monoisotopic (exact) mass is 460 g/mol. The Kier molecular flexibility index (Phi) is 7.04. The van der Waals surface area contributed by atoms with Gasteiger partial charge in [0.25, 0.3) is 0 Å². The van der Waals surface area contributed by atoms with Crippen LogP contribution in [0.2, 0.25) is 0 Å². The number of ether oxygens (including phenoxy) is 1. The minimum absolute atomic E-state index is 0.116. The van der Waals surface area contributed by atoms with Crippen molar-refractivity contribution >= 4 is 33.4 Å². The van der Waals surface area contributed by atoms with Crippen LogP contribution in [0.15, 0.2) is 64.9 Å². The standard InChI is InChI=1S/C21H24N4O4S2/c1-15-8-9-18(31(27,28)24(2)3)13-19(15)23-20(26)14-30-21-22-10-11-25(21)16-6-5-7-17(12-16)29-4/h5-13H,14H2,1-4H3,(H,23,26). The molecule has 1 aromatic heterocycles. The number of nitrogens with one attached hydrogen (secondary N) is 1. The fraction of sp³-hybridized carbons (Fsp3) is 0.238. The highest BCUT2D eigenvalue weighted by Gasteiger charge is 2.19. The zero-order valence-electron chi connectivity index (χ0n) is 17.7. The third-order valence-electron chi connectivity index (χ3n) is 4.53. The fourth-order valence-corrected chi connectivity index (χ4v) is 4.48. The molecule has 0 radical (unpaired) electrons. The number of aromatic nitrogens is 2. The van der Waals surface area contributed by atoms with Gasteiger partial charge in [0.15, 0.2) is 5.16 Å². The summed E-state index contributed by atoms with van der Waals surface area (Å²) in [4.78, 5) is 17.0. The molecule has 31 heavy (non-hydrogen) atoms. The number of hydrogen-bond acceptors (Lipinski definition) is 6. The lowest BCUT2D eigenvalue weighted by Crippen LogP contribution is -2.22. The molecule has 0 unspecified atom stereocenters. The summed E-state index contributed by atoms with van der Waals surface area (Å²) in [6, 6.07) is 12.2. The lowest BCUT2D eigenvalue weighted by atomic mass is 10.2. The molecule has 0 fully saturated rings. The third-order valence-corrected chi connectivity index (χ3v) is 7.31. The highest BCUT2D eigenvalue weighted by Crippen LogP contribution is 2.25. The van der Waals surface area contributed by atoms with Crippen LogP contribution in [0, 0.1) is 6.92 Å². The Bertz CT molecular complexity index is 1190. The van der Waals surface area contributed by atoms with Crippen LogP contribution in [0.3, 0.4) is 0 Å². The second-order valence-corrected chi connectivity index (χ2v) is 9.98. The molecule has 3 rings (SSSR count). The topological polar surface area (TPSA) is 93.5 Å². The Labute approximate surface area is 186 Å². The number of rotatable bonds is 8. The number of methoxy groups -OCH3 is 1. The number of hydrogen-bond donors (Lipinski definition) is 1. The molecular weight excluding hydrogens is 436 g/mol. The lowest BCUT2D eigenvalue weighted by Gasteiger charge is -2.14. The predicted molar refractivity (Wildman–Crippen MR) is 122 cm³/mol. The first-order chi connectivity index (χ1) is 14.7.